The van der Waals surface area contributed by atoms with E-state index in [0.717, 1.165) is 15.0 Å². The largest absolute Gasteiger partial charge is 0.270 e. The van der Waals surface area contributed by atoms with Gasteiger partial charge >= 0.3 is 0 Å². The van der Waals surface area contributed by atoms with Gasteiger partial charge in [0.25, 0.3) is 0 Å². The SMILES string of the molecule is NNC(c1cnccn1)c1cc(Br)cs1. The van der Waals surface area contributed by atoms with Crippen molar-refractivity contribution in [2.24, 2.45) is 5.84 Å². The molecule has 2 aromatic rings. The summed E-state index contributed by atoms with van der Waals surface area (Å²) in [5.41, 5.74) is 3.55. The maximum Gasteiger partial charge on any atom is 0.0989 e. The minimum Gasteiger partial charge on any atom is -0.270 e. The van der Waals surface area contributed by atoms with Crippen molar-refractivity contribution in [3.8, 4) is 0 Å². The average Bonchev–Trinajstić information content (AvgIpc) is 2.68. The minimum atomic E-state index is -0.102. The highest BCUT2D eigenvalue weighted by Crippen LogP contribution is 2.28. The number of thiophene rings is 1. The van der Waals surface area contributed by atoms with Crippen LogP contribution in [0.15, 0.2) is 34.5 Å². The lowest BCUT2D eigenvalue weighted by molar-refractivity contribution is 0.627. The number of nitrogens with zero attached hydrogens (tertiary/aromatic N) is 2. The van der Waals surface area contributed by atoms with Crippen LogP contribution in [0.2, 0.25) is 0 Å². The molecular weight excluding hydrogens is 276 g/mol. The van der Waals surface area contributed by atoms with Gasteiger partial charge in [-0.1, -0.05) is 0 Å². The molecule has 0 aliphatic rings. The molecule has 2 aromatic heterocycles. The molecule has 1 unspecified atom stereocenters. The van der Waals surface area contributed by atoms with E-state index >= 15 is 0 Å². The Kier molecular flexibility index (Phi) is 3.42. The normalized spacial score (nSPS) is 12.7. The molecule has 15 heavy (non-hydrogen) atoms. The molecular formula is C9H9BrN4S. The summed E-state index contributed by atoms with van der Waals surface area (Å²) in [5.74, 6) is 5.52. The first-order valence-corrected chi connectivity index (χ1v) is 5.94. The number of aromatic nitrogens is 2. The summed E-state index contributed by atoms with van der Waals surface area (Å²) in [6, 6.07) is 1.92. The maximum absolute atomic E-state index is 5.52. The zero-order chi connectivity index (χ0) is 10.7. The van der Waals surface area contributed by atoms with Gasteiger partial charge in [0, 0.05) is 27.1 Å². The van der Waals surface area contributed by atoms with Crippen molar-refractivity contribution in [1.29, 1.82) is 0 Å². The van der Waals surface area contributed by atoms with Gasteiger partial charge in [0.2, 0.25) is 0 Å². The molecule has 0 fully saturated rings. The molecule has 6 heteroatoms. The Bertz CT molecular complexity index is 431. The number of nitrogens with two attached hydrogens (primary N) is 1. The highest BCUT2D eigenvalue weighted by atomic mass is 79.9. The zero-order valence-corrected chi connectivity index (χ0v) is 10.1. The molecule has 0 saturated carbocycles. The van der Waals surface area contributed by atoms with E-state index < -0.39 is 0 Å². The van der Waals surface area contributed by atoms with Crippen LogP contribution in [0.1, 0.15) is 16.6 Å². The van der Waals surface area contributed by atoms with Crippen molar-refractivity contribution < 1.29 is 0 Å². The Labute approximate surface area is 99.7 Å². The van der Waals surface area contributed by atoms with E-state index in [2.05, 4.69) is 31.3 Å². The number of hydrazine groups is 1. The zero-order valence-electron chi connectivity index (χ0n) is 7.72. The Balaban J connectivity index is 2.33. The molecule has 0 saturated heterocycles. The van der Waals surface area contributed by atoms with Crippen molar-refractivity contribution in [3.63, 3.8) is 0 Å². The molecule has 0 aromatic carbocycles. The summed E-state index contributed by atoms with van der Waals surface area (Å²) < 4.78 is 1.05. The van der Waals surface area contributed by atoms with Gasteiger partial charge < -0.3 is 0 Å². The lowest BCUT2D eigenvalue weighted by Crippen LogP contribution is -2.28. The lowest BCUT2D eigenvalue weighted by Gasteiger charge is -2.12. The van der Waals surface area contributed by atoms with E-state index in [9.17, 15) is 0 Å². The number of hydrogen-bond acceptors (Lipinski definition) is 5. The molecule has 78 valence electrons. The first-order valence-electron chi connectivity index (χ1n) is 4.27. The molecule has 0 bridgehead atoms. The molecule has 2 rings (SSSR count). The molecule has 0 aliphatic carbocycles. The van der Waals surface area contributed by atoms with Gasteiger partial charge in [-0.05, 0) is 22.0 Å². The number of nitrogens with one attached hydrogen (secondary N) is 1. The summed E-state index contributed by atoms with van der Waals surface area (Å²) in [4.78, 5) is 9.34. The van der Waals surface area contributed by atoms with Crippen molar-refractivity contribution in [1.82, 2.24) is 15.4 Å². The first-order chi connectivity index (χ1) is 7.31. The van der Waals surface area contributed by atoms with E-state index in [0.29, 0.717) is 0 Å². The Morgan fingerprint density at radius 2 is 2.33 bits per heavy atom. The van der Waals surface area contributed by atoms with Gasteiger partial charge in [-0.2, -0.15) is 0 Å². The third-order valence-corrected chi connectivity index (χ3v) is 3.68. The second-order valence-corrected chi connectivity index (χ2v) is 4.76. The Morgan fingerprint density at radius 1 is 1.47 bits per heavy atom. The molecule has 0 radical (unpaired) electrons. The molecule has 4 nitrogen and oxygen atoms in total. The Morgan fingerprint density at radius 3 is 2.87 bits per heavy atom. The second-order valence-electron chi connectivity index (χ2n) is 2.90. The predicted molar refractivity (Wildman–Crippen MR) is 63.2 cm³/mol. The quantitative estimate of drug-likeness (QED) is 0.667. The van der Waals surface area contributed by atoms with E-state index in [-0.39, 0.29) is 6.04 Å². The minimum absolute atomic E-state index is 0.102. The van der Waals surface area contributed by atoms with Gasteiger partial charge in [-0.3, -0.25) is 15.8 Å². The molecule has 0 spiro atoms. The van der Waals surface area contributed by atoms with E-state index in [4.69, 9.17) is 5.84 Å². The summed E-state index contributed by atoms with van der Waals surface area (Å²) in [6.45, 7) is 0. The second kappa shape index (κ2) is 4.80. The van der Waals surface area contributed by atoms with Crippen LogP contribution in [0.25, 0.3) is 0 Å². The maximum atomic E-state index is 5.52. The van der Waals surface area contributed by atoms with Crippen LogP contribution in [-0.4, -0.2) is 9.97 Å². The predicted octanol–water partition coefficient (Wildman–Crippen LogP) is 1.85. The van der Waals surface area contributed by atoms with Crippen molar-refractivity contribution in [2.45, 2.75) is 6.04 Å². The number of halogens is 1. The fourth-order valence-electron chi connectivity index (χ4n) is 1.25. The van der Waals surface area contributed by atoms with E-state index in [1.54, 1.807) is 29.9 Å². The van der Waals surface area contributed by atoms with Gasteiger partial charge in [-0.25, -0.2) is 5.43 Å². The summed E-state index contributed by atoms with van der Waals surface area (Å²) in [6.07, 6.45) is 5.00. The van der Waals surface area contributed by atoms with Crippen LogP contribution >= 0.6 is 27.3 Å². The monoisotopic (exact) mass is 284 g/mol. The number of rotatable bonds is 3. The van der Waals surface area contributed by atoms with Gasteiger partial charge in [0.05, 0.1) is 17.9 Å². The van der Waals surface area contributed by atoms with Gasteiger partial charge in [0.1, 0.15) is 0 Å². The van der Waals surface area contributed by atoms with Crippen LogP contribution in [0.4, 0.5) is 0 Å². The third-order valence-electron chi connectivity index (χ3n) is 1.92. The van der Waals surface area contributed by atoms with E-state index in [1.165, 1.54) is 0 Å². The molecule has 1 atom stereocenters. The Hall–Kier alpha value is -0.820. The van der Waals surface area contributed by atoms with Crippen molar-refractivity contribution >= 4 is 27.3 Å². The highest BCUT2D eigenvalue weighted by Gasteiger charge is 2.15. The molecule has 3 N–H and O–H groups in total. The topological polar surface area (TPSA) is 63.8 Å². The average molecular weight is 285 g/mol. The van der Waals surface area contributed by atoms with Crippen LogP contribution in [0.3, 0.4) is 0 Å². The van der Waals surface area contributed by atoms with Crippen molar-refractivity contribution in [2.75, 3.05) is 0 Å². The fourth-order valence-corrected chi connectivity index (χ4v) is 2.77. The van der Waals surface area contributed by atoms with Crippen LogP contribution in [0, 0.1) is 0 Å². The number of hydrogen-bond donors (Lipinski definition) is 2. The standard InChI is InChI=1S/C9H9BrN4S/c10-6-3-8(15-5-6)9(14-11)7-4-12-1-2-13-7/h1-5,9,14H,11H2. The first kappa shape index (κ1) is 10.7. The smallest absolute Gasteiger partial charge is 0.0989 e. The molecule has 2 heterocycles. The highest BCUT2D eigenvalue weighted by molar-refractivity contribution is 9.10. The van der Waals surface area contributed by atoms with Gasteiger partial charge in [0.15, 0.2) is 0 Å². The third kappa shape index (κ3) is 2.40. The molecule has 0 amide bonds. The van der Waals surface area contributed by atoms with Crippen LogP contribution in [0.5, 0.6) is 0 Å². The van der Waals surface area contributed by atoms with Gasteiger partial charge in [-0.15, -0.1) is 11.3 Å². The molecule has 0 aliphatic heterocycles. The van der Waals surface area contributed by atoms with Crippen LogP contribution < -0.4 is 11.3 Å². The van der Waals surface area contributed by atoms with Crippen LogP contribution in [-0.2, 0) is 0 Å². The lowest BCUT2D eigenvalue weighted by atomic mass is 10.2. The summed E-state index contributed by atoms with van der Waals surface area (Å²) in [5, 5.41) is 2.01. The van der Waals surface area contributed by atoms with E-state index in [1.807, 2.05) is 11.4 Å². The van der Waals surface area contributed by atoms with Crippen molar-refractivity contribution in [3.05, 3.63) is 45.1 Å². The summed E-state index contributed by atoms with van der Waals surface area (Å²) in [7, 11) is 0. The summed E-state index contributed by atoms with van der Waals surface area (Å²) >= 11 is 5.03. The fraction of sp³-hybridized carbons (Fsp3) is 0.111.